The second-order valence-corrected chi connectivity index (χ2v) is 9.89. The van der Waals surface area contributed by atoms with Crippen molar-refractivity contribution in [2.24, 2.45) is 0 Å². The minimum Gasteiger partial charge on any atom is -0.356 e. The van der Waals surface area contributed by atoms with Crippen LogP contribution in [0.2, 0.25) is 0 Å². The van der Waals surface area contributed by atoms with Crippen molar-refractivity contribution in [2.75, 3.05) is 11.0 Å². The first kappa shape index (κ1) is 25.6. The van der Waals surface area contributed by atoms with Crippen LogP contribution in [0.5, 0.6) is 0 Å². The topological polar surface area (TPSA) is 49.4 Å². The van der Waals surface area contributed by atoms with Gasteiger partial charge in [-0.15, -0.1) is 6.58 Å². The van der Waals surface area contributed by atoms with Crippen LogP contribution >= 0.6 is 0 Å². The highest BCUT2D eigenvalue weighted by atomic mass is 32.2. The fourth-order valence-electron chi connectivity index (χ4n) is 4.01. The van der Waals surface area contributed by atoms with Crippen LogP contribution in [-0.2, 0) is 23.0 Å². The number of halogens is 4. The Kier molecular flexibility index (Phi) is 7.86. The van der Waals surface area contributed by atoms with E-state index in [1.54, 1.807) is 6.08 Å². The average Bonchev–Trinajstić information content (AvgIpc) is 2.74. The van der Waals surface area contributed by atoms with E-state index in [2.05, 4.69) is 11.3 Å². The van der Waals surface area contributed by atoms with Crippen LogP contribution in [0.3, 0.4) is 0 Å². The zero-order valence-corrected chi connectivity index (χ0v) is 19.5. The molecule has 0 radical (unpaired) electrons. The maximum absolute atomic E-state index is 14.5. The Labute approximate surface area is 197 Å². The van der Waals surface area contributed by atoms with Gasteiger partial charge in [0.1, 0.15) is 11.5 Å². The first-order valence-corrected chi connectivity index (χ1v) is 12.5. The summed E-state index contributed by atoms with van der Waals surface area (Å²) in [4.78, 5) is 1.25. The van der Waals surface area contributed by atoms with Crippen LogP contribution in [0.25, 0.3) is 0 Å². The number of hydrogen-bond acceptors (Lipinski definition) is 3. The summed E-state index contributed by atoms with van der Waals surface area (Å²) in [6, 6.07) is 12.6. The molecule has 0 fully saturated rings. The van der Waals surface area contributed by atoms with Crippen LogP contribution in [0.4, 0.5) is 23.2 Å². The van der Waals surface area contributed by atoms with Crippen molar-refractivity contribution in [3.63, 3.8) is 0 Å². The van der Waals surface area contributed by atoms with Crippen molar-refractivity contribution in [3.05, 3.63) is 102 Å². The van der Waals surface area contributed by atoms with Crippen molar-refractivity contribution in [3.8, 4) is 0 Å². The molecule has 1 unspecified atom stereocenters. The number of sulfonamides is 1. The summed E-state index contributed by atoms with van der Waals surface area (Å²) in [6.07, 6.45) is 1.89. The average molecular weight is 495 g/mol. The third-order valence-electron chi connectivity index (χ3n) is 5.47. The number of aryl methyl sites for hydroxylation is 1. The van der Waals surface area contributed by atoms with E-state index in [-0.39, 0.29) is 17.8 Å². The Balaban J connectivity index is 1.94. The largest absolute Gasteiger partial charge is 0.431 e. The van der Waals surface area contributed by atoms with E-state index < -0.39 is 33.8 Å². The lowest BCUT2D eigenvalue weighted by atomic mass is 9.91. The molecule has 1 aliphatic heterocycles. The van der Waals surface area contributed by atoms with E-state index in [1.165, 1.54) is 23.1 Å². The molecular weight excluding hydrogens is 468 g/mol. The van der Waals surface area contributed by atoms with Gasteiger partial charge in [-0.25, -0.2) is 12.8 Å². The Morgan fingerprint density at radius 2 is 1.79 bits per heavy atom. The SMILES string of the molecule is C=CCC1=CC=C(C(F)(F)F)N(Cc2ccc(NS(C)(=O)=O)c(F)c2)C1CCc1ccccc1. The number of alkyl halides is 3. The summed E-state index contributed by atoms with van der Waals surface area (Å²) in [7, 11) is -3.70. The molecule has 34 heavy (non-hydrogen) atoms. The second kappa shape index (κ2) is 10.5. The number of hydrogen-bond donors (Lipinski definition) is 1. The first-order chi connectivity index (χ1) is 16.0. The lowest BCUT2D eigenvalue weighted by molar-refractivity contribution is -0.116. The molecule has 0 spiro atoms. The molecule has 1 aliphatic rings. The summed E-state index contributed by atoms with van der Waals surface area (Å²) in [6.45, 7) is 3.53. The molecule has 0 saturated carbocycles. The molecule has 9 heteroatoms. The monoisotopic (exact) mass is 494 g/mol. The van der Waals surface area contributed by atoms with E-state index in [9.17, 15) is 26.0 Å². The maximum Gasteiger partial charge on any atom is 0.431 e. The molecule has 1 heterocycles. The normalized spacial score (nSPS) is 16.6. The number of allylic oxidation sites excluding steroid dienone is 4. The van der Waals surface area contributed by atoms with Crippen molar-refractivity contribution in [1.82, 2.24) is 4.90 Å². The zero-order chi connectivity index (χ0) is 24.9. The van der Waals surface area contributed by atoms with Crippen molar-refractivity contribution in [1.29, 1.82) is 0 Å². The van der Waals surface area contributed by atoms with Crippen LogP contribution in [0, 0.1) is 5.82 Å². The molecule has 4 nitrogen and oxygen atoms in total. The van der Waals surface area contributed by atoms with Gasteiger partial charge in [0.05, 0.1) is 18.0 Å². The molecule has 182 valence electrons. The Morgan fingerprint density at radius 1 is 1.09 bits per heavy atom. The number of anilines is 1. The fraction of sp³-hybridized carbons (Fsp3) is 0.280. The second-order valence-electron chi connectivity index (χ2n) is 8.14. The number of rotatable bonds is 9. The summed E-state index contributed by atoms with van der Waals surface area (Å²) >= 11 is 0. The van der Waals surface area contributed by atoms with Crippen molar-refractivity contribution < 1.29 is 26.0 Å². The van der Waals surface area contributed by atoms with Gasteiger partial charge in [-0.3, -0.25) is 4.72 Å². The highest BCUT2D eigenvalue weighted by molar-refractivity contribution is 7.92. The lowest BCUT2D eigenvalue weighted by Crippen LogP contribution is -2.42. The highest BCUT2D eigenvalue weighted by Crippen LogP contribution is 2.38. The van der Waals surface area contributed by atoms with Gasteiger partial charge in [-0.2, -0.15) is 13.2 Å². The summed E-state index contributed by atoms with van der Waals surface area (Å²) in [5.74, 6) is -0.861. The summed E-state index contributed by atoms with van der Waals surface area (Å²) in [5, 5.41) is 0. The molecule has 1 atom stereocenters. The van der Waals surface area contributed by atoms with E-state index in [0.717, 1.165) is 29.5 Å². The molecule has 0 bridgehead atoms. The van der Waals surface area contributed by atoms with E-state index in [1.807, 2.05) is 30.3 Å². The van der Waals surface area contributed by atoms with Crippen molar-refractivity contribution >= 4 is 15.7 Å². The predicted octanol–water partition coefficient (Wildman–Crippen LogP) is 5.96. The van der Waals surface area contributed by atoms with Gasteiger partial charge in [-0.1, -0.05) is 48.6 Å². The molecule has 3 rings (SSSR count). The quantitative estimate of drug-likeness (QED) is 0.346. The summed E-state index contributed by atoms with van der Waals surface area (Å²) in [5.41, 5.74) is 1.01. The number of benzene rings is 2. The van der Waals surface area contributed by atoms with Gasteiger partial charge >= 0.3 is 6.18 Å². The Bertz CT molecular complexity index is 1190. The fourth-order valence-corrected chi connectivity index (χ4v) is 4.57. The standard InChI is InChI=1S/C25H26F4N2O2S/c1-3-7-20-12-15-24(25(27,28)29)31(23(20)14-11-18-8-5-4-6-9-18)17-19-10-13-22(21(26)16-19)30-34(2,32)33/h3-6,8-10,12-13,15-16,23,30H,1,7,11,14,17H2,2H3. The third kappa shape index (κ3) is 6.72. The van der Waals surface area contributed by atoms with E-state index >= 15 is 0 Å². The van der Waals surface area contributed by atoms with Crippen LogP contribution < -0.4 is 4.72 Å². The third-order valence-corrected chi connectivity index (χ3v) is 6.06. The lowest BCUT2D eigenvalue weighted by Gasteiger charge is -2.40. The molecule has 2 aromatic carbocycles. The van der Waals surface area contributed by atoms with Crippen LogP contribution in [0.1, 0.15) is 24.0 Å². The van der Waals surface area contributed by atoms with Gasteiger partial charge in [0, 0.05) is 6.54 Å². The Hall–Kier alpha value is -3.07. The minimum absolute atomic E-state index is 0.199. The maximum atomic E-state index is 14.5. The zero-order valence-electron chi connectivity index (χ0n) is 18.6. The summed E-state index contributed by atoms with van der Waals surface area (Å²) < 4.78 is 81.3. The molecule has 0 amide bonds. The van der Waals surface area contributed by atoms with Gasteiger partial charge in [0.2, 0.25) is 10.0 Å². The molecular formula is C25H26F4N2O2S. The smallest absolute Gasteiger partial charge is 0.356 e. The van der Waals surface area contributed by atoms with Crippen molar-refractivity contribution in [2.45, 2.75) is 38.0 Å². The number of nitrogens with zero attached hydrogens (tertiary/aromatic N) is 1. The molecule has 0 aromatic heterocycles. The Morgan fingerprint density at radius 3 is 2.38 bits per heavy atom. The molecule has 2 aromatic rings. The molecule has 1 N–H and O–H groups in total. The van der Waals surface area contributed by atoms with Crippen LogP contribution in [-0.4, -0.2) is 31.8 Å². The molecule has 0 aliphatic carbocycles. The van der Waals surface area contributed by atoms with Crippen LogP contribution in [0.15, 0.2) is 84.6 Å². The van der Waals surface area contributed by atoms with Gasteiger partial charge in [0.15, 0.2) is 0 Å². The number of nitrogens with one attached hydrogen (secondary N) is 1. The van der Waals surface area contributed by atoms with E-state index in [0.29, 0.717) is 19.3 Å². The van der Waals surface area contributed by atoms with Gasteiger partial charge in [-0.05, 0) is 54.2 Å². The van der Waals surface area contributed by atoms with Gasteiger partial charge in [0.25, 0.3) is 0 Å². The van der Waals surface area contributed by atoms with E-state index in [4.69, 9.17) is 0 Å². The first-order valence-electron chi connectivity index (χ1n) is 10.6. The highest BCUT2D eigenvalue weighted by Gasteiger charge is 2.42. The molecule has 0 saturated heterocycles. The minimum atomic E-state index is -4.60. The van der Waals surface area contributed by atoms with Gasteiger partial charge < -0.3 is 4.90 Å². The predicted molar refractivity (Wildman–Crippen MR) is 126 cm³/mol.